The molecule has 1 aromatic rings. The van der Waals surface area contributed by atoms with Crippen molar-refractivity contribution >= 4 is 11.7 Å². The van der Waals surface area contributed by atoms with Crippen LogP contribution < -0.4 is 10.6 Å². The van der Waals surface area contributed by atoms with Crippen LogP contribution in [0.4, 0.5) is 5.69 Å². The molecule has 0 spiro atoms. The highest BCUT2D eigenvalue weighted by molar-refractivity contribution is 5.68. The molecule has 2 rings (SSSR count). The number of phenols is 1. The second kappa shape index (κ2) is 5.90. The first-order chi connectivity index (χ1) is 9.08. The van der Waals surface area contributed by atoms with Crippen LogP contribution in [0.5, 0.6) is 5.75 Å². The first-order valence-corrected chi connectivity index (χ1v) is 6.21. The third-order valence-corrected chi connectivity index (χ3v) is 3.18. The molecule has 1 atom stereocenters. The van der Waals surface area contributed by atoms with Gasteiger partial charge in [-0.25, -0.2) is 0 Å². The van der Waals surface area contributed by atoms with Gasteiger partial charge in [-0.15, -0.1) is 0 Å². The number of benzene rings is 1. The Kier molecular flexibility index (Phi) is 4.24. The van der Waals surface area contributed by atoms with Gasteiger partial charge in [-0.1, -0.05) is 0 Å². The number of phenolic OH excluding ortho intramolecular Hbond substituents is 1. The lowest BCUT2D eigenvalue weighted by Gasteiger charge is -2.29. The van der Waals surface area contributed by atoms with Crippen LogP contribution in [0.3, 0.4) is 0 Å². The number of rotatable bonds is 4. The highest BCUT2D eigenvalue weighted by Crippen LogP contribution is 2.29. The molecule has 1 heterocycles. The second-order valence-electron chi connectivity index (χ2n) is 4.55. The summed E-state index contributed by atoms with van der Waals surface area (Å²) in [6.45, 7) is 2.88. The van der Waals surface area contributed by atoms with E-state index in [1.807, 2.05) is 0 Å². The van der Waals surface area contributed by atoms with Gasteiger partial charge in [-0.2, -0.15) is 0 Å². The Hall–Kier alpha value is -1.79. The summed E-state index contributed by atoms with van der Waals surface area (Å²) >= 11 is 0. The van der Waals surface area contributed by atoms with Crippen molar-refractivity contribution in [2.45, 2.75) is 12.5 Å². The summed E-state index contributed by atoms with van der Waals surface area (Å²) in [5.41, 5.74) is 7.20. The van der Waals surface area contributed by atoms with Crippen molar-refractivity contribution in [2.24, 2.45) is 5.73 Å². The smallest absolute Gasteiger partial charge is 0.305 e. The van der Waals surface area contributed by atoms with Crippen molar-refractivity contribution in [1.82, 2.24) is 0 Å². The summed E-state index contributed by atoms with van der Waals surface area (Å²) in [4.78, 5) is 12.8. The number of hydrogen-bond acceptors (Lipinski definition) is 5. The van der Waals surface area contributed by atoms with E-state index in [4.69, 9.17) is 15.6 Å². The Morgan fingerprint density at radius 1 is 1.42 bits per heavy atom. The van der Waals surface area contributed by atoms with Crippen molar-refractivity contribution in [2.75, 3.05) is 31.2 Å². The number of nitrogens with zero attached hydrogens (tertiary/aromatic N) is 1. The Morgan fingerprint density at radius 2 is 2.11 bits per heavy atom. The quantitative estimate of drug-likeness (QED) is 0.742. The van der Waals surface area contributed by atoms with Crippen LogP contribution in [0, 0.1) is 0 Å². The number of hydrogen-bond donors (Lipinski definition) is 3. The number of carboxylic acids is 1. The number of ether oxygens (including phenoxy) is 1. The summed E-state index contributed by atoms with van der Waals surface area (Å²) in [6.07, 6.45) is -0.208. The van der Waals surface area contributed by atoms with E-state index in [1.54, 1.807) is 18.2 Å². The molecule has 1 aromatic carbocycles. The largest absolute Gasteiger partial charge is 0.508 e. The van der Waals surface area contributed by atoms with E-state index in [-0.39, 0.29) is 12.2 Å². The van der Waals surface area contributed by atoms with Gasteiger partial charge in [0.1, 0.15) is 5.75 Å². The van der Waals surface area contributed by atoms with E-state index < -0.39 is 12.0 Å². The summed E-state index contributed by atoms with van der Waals surface area (Å²) in [7, 11) is 0. The van der Waals surface area contributed by atoms with Crippen LogP contribution in [-0.4, -0.2) is 42.5 Å². The normalized spacial score (nSPS) is 17.2. The van der Waals surface area contributed by atoms with Crippen LogP contribution in [-0.2, 0) is 9.53 Å². The molecule has 1 unspecified atom stereocenters. The SMILES string of the molecule is NC(CC(=O)O)c1cc(N2CCOCC2)ccc1O. The summed E-state index contributed by atoms with van der Waals surface area (Å²) in [6, 6.07) is 4.41. The molecule has 0 bridgehead atoms. The van der Waals surface area contributed by atoms with Gasteiger partial charge in [0.2, 0.25) is 0 Å². The maximum atomic E-state index is 10.7. The molecule has 104 valence electrons. The standard InChI is InChI=1S/C13H18N2O4/c14-11(8-13(17)18)10-7-9(1-2-12(10)16)15-3-5-19-6-4-15/h1-2,7,11,16H,3-6,8,14H2,(H,17,18). The zero-order valence-electron chi connectivity index (χ0n) is 10.6. The third-order valence-electron chi connectivity index (χ3n) is 3.18. The summed E-state index contributed by atoms with van der Waals surface area (Å²) in [5.74, 6) is -0.950. The van der Waals surface area contributed by atoms with Gasteiger partial charge in [0.15, 0.2) is 0 Å². The minimum Gasteiger partial charge on any atom is -0.508 e. The Balaban J connectivity index is 2.20. The lowest BCUT2D eigenvalue weighted by Crippen LogP contribution is -2.36. The molecule has 1 fully saturated rings. The maximum Gasteiger partial charge on any atom is 0.305 e. The van der Waals surface area contributed by atoms with E-state index in [0.717, 1.165) is 18.8 Å². The van der Waals surface area contributed by atoms with Gasteiger partial charge in [0.05, 0.1) is 19.6 Å². The van der Waals surface area contributed by atoms with Crippen LogP contribution in [0.15, 0.2) is 18.2 Å². The highest BCUT2D eigenvalue weighted by Gasteiger charge is 2.18. The molecule has 0 aliphatic carbocycles. The number of aliphatic carboxylic acids is 1. The minimum absolute atomic E-state index is 0.0331. The van der Waals surface area contributed by atoms with Gasteiger partial charge in [-0.3, -0.25) is 4.79 Å². The molecule has 6 heteroatoms. The van der Waals surface area contributed by atoms with Crippen LogP contribution in [0.1, 0.15) is 18.0 Å². The zero-order chi connectivity index (χ0) is 13.8. The summed E-state index contributed by atoms with van der Waals surface area (Å²) < 4.78 is 5.28. The first-order valence-electron chi connectivity index (χ1n) is 6.21. The molecule has 1 saturated heterocycles. The fourth-order valence-electron chi connectivity index (χ4n) is 2.16. The molecule has 6 nitrogen and oxygen atoms in total. The van der Waals surface area contributed by atoms with Crippen molar-refractivity contribution < 1.29 is 19.7 Å². The van der Waals surface area contributed by atoms with Gasteiger partial charge in [0, 0.05) is 30.4 Å². The fraction of sp³-hybridized carbons (Fsp3) is 0.462. The first kappa shape index (κ1) is 13.6. The fourth-order valence-corrected chi connectivity index (χ4v) is 2.16. The molecular formula is C13H18N2O4. The lowest BCUT2D eigenvalue weighted by molar-refractivity contribution is -0.137. The molecule has 1 aliphatic heterocycles. The van der Waals surface area contributed by atoms with E-state index in [1.165, 1.54) is 0 Å². The predicted molar refractivity (Wildman–Crippen MR) is 70.3 cm³/mol. The monoisotopic (exact) mass is 266 g/mol. The summed E-state index contributed by atoms with van der Waals surface area (Å²) in [5, 5.41) is 18.6. The molecule has 1 aliphatic rings. The Morgan fingerprint density at radius 3 is 2.74 bits per heavy atom. The Labute approximate surface area is 111 Å². The number of morpholine rings is 1. The van der Waals surface area contributed by atoms with Gasteiger partial charge in [-0.05, 0) is 18.2 Å². The number of aromatic hydroxyl groups is 1. The van der Waals surface area contributed by atoms with Crippen molar-refractivity contribution in [1.29, 1.82) is 0 Å². The third kappa shape index (κ3) is 3.36. The van der Waals surface area contributed by atoms with Crippen LogP contribution in [0.2, 0.25) is 0 Å². The van der Waals surface area contributed by atoms with Crippen LogP contribution in [0.25, 0.3) is 0 Å². The van der Waals surface area contributed by atoms with E-state index >= 15 is 0 Å². The second-order valence-corrected chi connectivity index (χ2v) is 4.55. The molecule has 0 aromatic heterocycles. The van der Waals surface area contributed by atoms with Crippen molar-refractivity contribution in [3.05, 3.63) is 23.8 Å². The minimum atomic E-state index is -0.983. The molecule has 4 N–H and O–H groups in total. The molecular weight excluding hydrogens is 248 g/mol. The van der Waals surface area contributed by atoms with Gasteiger partial charge >= 0.3 is 5.97 Å². The zero-order valence-corrected chi connectivity index (χ0v) is 10.6. The molecule has 19 heavy (non-hydrogen) atoms. The number of carboxylic acid groups (broad SMARTS) is 1. The van der Waals surface area contributed by atoms with E-state index in [9.17, 15) is 9.90 Å². The topological polar surface area (TPSA) is 96.0 Å². The number of anilines is 1. The average molecular weight is 266 g/mol. The Bertz CT molecular complexity index is 458. The van der Waals surface area contributed by atoms with E-state index in [0.29, 0.717) is 18.8 Å². The van der Waals surface area contributed by atoms with Crippen LogP contribution >= 0.6 is 0 Å². The molecule has 0 saturated carbocycles. The predicted octanol–water partition coefficient (Wildman–Crippen LogP) is 0.703. The van der Waals surface area contributed by atoms with E-state index in [2.05, 4.69) is 4.90 Å². The molecule has 0 amide bonds. The average Bonchev–Trinajstić information content (AvgIpc) is 2.39. The molecule has 0 radical (unpaired) electrons. The number of carbonyl (C=O) groups is 1. The van der Waals surface area contributed by atoms with Gasteiger partial charge < -0.3 is 25.6 Å². The van der Waals surface area contributed by atoms with Crippen molar-refractivity contribution in [3.63, 3.8) is 0 Å². The highest BCUT2D eigenvalue weighted by atomic mass is 16.5. The van der Waals surface area contributed by atoms with Crippen molar-refractivity contribution in [3.8, 4) is 5.75 Å². The van der Waals surface area contributed by atoms with Gasteiger partial charge in [0.25, 0.3) is 0 Å². The lowest BCUT2D eigenvalue weighted by atomic mass is 10.0. The number of nitrogens with two attached hydrogens (primary N) is 1. The maximum absolute atomic E-state index is 10.7.